The van der Waals surface area contributed by atoms with Crippen molar-refractivity contribution in [2.75, 3.05) is 5.73 Å². The summed E-state index contributed by atoms with van der Waals surface area (Å²) in [4.78, 5) is 4.54. The van der Waals surface area contributed by atoms with Gasteiger partial charge in [0.15, 0.2) is 0 Å². The first-order chi connectivity index (χ1) is 7.99. The summed E-state index contributed by atoms with van der Waals surface area (Å²) in [5, 5.41) is 2.89. The van der Waals surface area contributed by atoms with Crippen LogP contribution in [0.25, 0.3) is 11.3 Å². The highest BCUT2D eigenvalue weighted by atomic mass is 35.5. The molecule has 2 rings (SSSR count). The van der Waals surface area contributed by atoms with E-state index < -0.39 is 0 Å². The fourth-order valence-electron chi connectivity index (χ4n) is 1.47. The first-order valence-corrected chi connectivity index (χ1v) is 6.78. The van der Waals surface area contributed by atoms with Gasteiger partial charge in [0.1, 0.15) is 10.7 Å². The van der Waals surface area contributed by atoms with Crippen molar-refractivity contribution in [3.8, 4) is 11.3 Å². The van der Waals surface area contributed by atoms with Crippen LogP contribution in [0.2, 0.25) is 10.0 Å². The highest BCUT2D eigenvalue weighted by Crippen LogP contribution is 2.37. The molecule has 1 heterocycles. The first-order valence-electron chi connectivity index (χ1n) is 5.20. The topological polar surface area (TPSA) is 38.9 Å². The van der Waals surface area contributed by atoms with E-state index in [0.717, 1.165) is 16.3 Å². The number of nitrogens with two attached hydrogens (primary N) is 1. The number of benzene rings is 1. The number of hydrogen-bond donors (Lipinski definition) is 1. The molecule has 2 N–H and O–H groups in total. The maximum Gasteiger partial charge on any atom is 0.114 e. The Bertz CT molecular complexity index is 549. The molecular weight excluding hydrogens is 275 g/mol. The van der Waals surface area contributed by atoms with Gasteiger partial charge in [-0.3, -0.25) is 0 Å². The molecule has 1 aromatic heterocycles. The molecule has 0 aliphatic rings. The standard InChI is InChI=1S/C12H12Cl2N2S/c1-6(2)12-16-10(11(15)17-12)8-4-3-7(13)5-9(8)14/h3-6H,15H2,1-2H3. The van der Waals surface area contributed by atoms with Crippen LogP contribution in [-0.4, -0.2) is 4.98 Å². The smallest absolute Gasteiger partial charge is 0.114 e. The lowest BCUT2D eigenvalue weighted by Crippen LogP contribution is -1.88. The van der Waals surface area contributed by atoms with Crippen LogP contribution in [0.3, 0.4) is 0 Å². The Hall–Kier alpha value is -0.770. The Morgan fingerprint density at radius 3 is 2.53 bits per heavy atom. The molecule has 0 aliphatic heterocycles. The third-order valence-electron chi connectivity index (χ3n) is 2.35. The van der Waals surface area contributed by atoms with E-state index in [0.29, 0.717) is 21.0 Å². The molecule has 0 aliphatic carbocycles. The number of aromatic nitrogens is 1. The number of thiazole rings is 1. The van der Waals surface area contributed by atoms with Gasteiger partial charge in [-0.25, -0.2) is 4.98 Å². The molecule has 0 spiro atoms. The number of halogens is 2. The van der Waals surface area contributed by atoms with E-state index >= 15 is 0 Å². The van der Waals surface area contributed by atoms with Crippen molar-refractivity contribution >= 4 is 39.5 Å². The summed E-state index contributed by atoms with van der Waals surface area (Å²) >= 11 is 13.5. The SMILES string of the molecule is CC(C)c1nc(-c2ccc(Cl)cc2Cl)c(N)s1. The lowest BCUT2D eigenvalue weighted by molar-refractivity contribution is 0.854. The van der Waals surface area contributed by atoms with Crippen LogP contribution < -0.4 is 5.73 Å². The number of rotatable bonds is 2. The summed E-state index contributed by atoms with van der Waals surface area (Å²) in [5.74, 6) is 0.363. The van der Waals surface area contributed by atoms with Crippen LogP contribution in [0.1, 0.15) is 24.8 Å². The van der Waals surface area contributed by atoms with E-state index in [9.17, 15) is 0 Å². The van der Waals surface area contributed by atoms with Crippen LogP contribution in [-0.2, 0) is 0 Å². The molecule has 17 heavy (non-hydrogen) atoms. The van der Waals surface area contributed by atoms with Crippen molar-refractivity contribution in [2.45, 2.75) is 19.8 Å². The van der Waals surface area contributed by atoms with Crippen LogP contribution in [0, 0.1) is 0 Å². The van der Waals surface area contributed by atoms with Crippen molar-refractivity contribution in [3.63, 3.8) is 0 Å². The summed E-state index contributed by atoms with van der Waals surface area (Å²) in [5.41, 5.74) is 7.56. The normalized spacial score (nSPS) is 11.1. The number of nitrogen functional groups attached to an aromatic ring is 1. The second kappa shape index (κ2) is 4.84. The molecule has 0 fully saturated rings. The van der Waals surface area contributed by atoms with Gasteiger partial charge >= 0.3 is 0 Å². The lowest BCUT2D eigenvalue weighted by atomic mass is 10.1. The summed E-state index contributed by atoms with van der Waals surface area (Å²) in [7, 11) is 0. The molecule has 0 saturated carbocycles. The Kier molecular flexibility index (Phi) is 3.61. The van der Waals surface area contributed by atoms with Gasteiger partial charge in [0, 0.05) is 16.5 Å². The van der Waals surface area contributed by atoms with E-state index in [2.05, 4.69) is 18.8 Å². The Morgan fingerprint density at radius 2 is 2.00 bits per heavy atom. The van der Waals surface area contributed by atoms with Crippen LogP contribution >= 0.6 is 34.5 Å². The van der Waals surface area contributed by atoms with Crippen LogP contribution in [0.15, 0.2) is 18.2 Å². The zero-order valence-corrected chi connectivity index (χ0v) is 11.8. The molecule has 90 valence electrons. The summed E-state index contributed by atoms with van der Waals surface area (Å²) < 4.78 is 0. The van der Waals surface area contributed by atoms with Gasteiger partial charge in [-0.1, -0.05) is 37.0 Å². The van der Waals surface area contributed by atoms with Crippen molar-refractivity contribution < 1.29 is 0 Å². The minimum absolute atomic E-state index is 0.363. The number of hydrogen-bond acceptors (Lipinski definition) is 3. The fraction of sp³-hybridized carbons (Fsp3) is 0.250. The Morgan fingerprint density at radius 1 is 1.29 bits per heavy atom. The molecule has 0 radical (unpaired) electrons. The molecule has 5 heteroatoms. The highest BCUT2D eigenvalue weighted by Gasteiger charge is 2.15. The second-order valence-corrected chi connectivity index (χ2v) is 5.95. The van der Waals surface area contributed by atoms with Gasteiger partial charge in [0.2, 0.25) is 0 Å². The van der Waals surface area contributed by atoms with Crippen molar-refractivity contribution in [2.24, 2.45) is 0 Å². The Labute approximate surface area is 114 Å². The third-order valence-corrected chi connectivity index (χ3v) is 4.08. The van der Waals surface area contributed by atoms with E-state index in [-0.39, 0.29) is 0 Å². The van der Waals surface area contributed by atoms with Gasteiger partial charge < -0.3 is 5.73 Å². The monoisotopic (exact) mass is 286 g/mol. The summed E-state index contributed by atoms with van der Waals surface area (Å²) in [6.07, 6.45) is 0. The van der Waals surface area contributed by atoms with Gasteiger partial charge in [-0.2, -0.15) is 0 Å². The maximum absolute atomic E-state index is 6.15. The molecule has 0 atom stereocenters. The van der Waals surface area contributed by atoms with E-state index in [1.807, 2.05) is 6.07 Å². The predicted molar refractivity (Wildman–Crippen MR) is 76.1 cm³/mol. The average Bonchev–Trinajstić information content (AvgIpc) is 2.61. The number of nitrogens with zero attached hydrogens (tertiary/aromatic N) is 1. The zero-order valence-electron chi connectivity index (χ0n) is 9.50. The Balaban J connectivity index is 2.52. The van der Waals surface area contributed by atoms with Crippen molar-refractivity contribution in [3.05, 3.63) is 33.3 Å². The predicted octanol–water partition coefficient (Wildman–Crippen LogP) is 4.82. The molecule has 1 aromatic carbocycles. The maximum atomic E-state index is 6.15. The minimum Gasteiger partial charge on any atom is -0.389 e. The second-order valence-electron chi connectivity index (χ2n) is 4.04. The van der Waals surface area contributed by atoms with Gasteiger partial charge in [-0.05, 0) is 18.2 Å². The van der Waals surface area contributed by atoms with Crippen LogP contribution in [0.4, 0.5) is 5.00 Å². The average molecular weight is 287 g/mol. The number of anilines is 1. The minimum atomic E-state index is 0.363. The van der Waals surface area contributed by atoms with E-state index in [4.69, 9.17) is 28.9 Å². The molecular formula is C12H12Cl2N2S. The third kappa shape index (κ3) is 2.57. The molecule has 2 aromatic rings. The quantitative estimate of drug-likeness (QED) is 0.859. The summed E-state index contributed by atoms with van der Waals surface area (Å²) in [6, 6.07) is 5.34. The van der Waals surface area contributed by atoms with E-state index in [1.165, 1.54) is 11.3 Å². The molecule has 0 unspecified atom stereocenters. The summed E-state index contributed by atoms with van der Waals surface area (Å²) in [6.45, 7) is 4.18. The molecule has 0 amide bonds. The van der Waals surface area contributed by atoms with Crippen molar-refractivity contribution in [1.29, 1.82) is 0 Å². The van der Waals surface area contributed by atoms with Crippen molar-refractivity contribution in [1.82, 2.24) is 4.98 Å². The highest BCUT2D eigenvalue weighted by molar-refractivity contribution is 7.16. The van der Waals surface area contributed by atoms with Gasteiger partial charge in [-0.15, -0.1) is 11.3 Å². The largest absolute Gasteiger partial charge is 0.389 e. The molecule has 2 nitrogen and oxygen atoms in total. The van der Waals surface area contributed by atoms with Gasteiger partial charge in [0.05, 0.1) is 10.0 Å². The molecule has 0 saturated heterocycles. The zero-order chi connectivity index (χ0) is 12.6. The fourth-order valence-corrected chi connectivity index (χ4v) is 2.82. The van der Waals surface area contributed by atoms with E-state index in [1.54, 1.807) is 12.1 Å². The van der Waals surface area contributed by atoms with Crippen LogP contribution in [0.5, 0.6) is 0 Å². The lowest BCUT2D eigenvalue weighted by Gasteiger charge is -2.02. The van der Waals surface area contributed by atoms with Gasteiger partial charge in [0.25, 0.3) is 0 Å². The first kappa shape index (κ1) is 12.7. The molecule has 0 bridgehead atoms.